The van der Waals surface area contributed by atoms with Crippen LogP contribution in [0.4, 0.5) is 0 Å². The van der Waals surface area contributed by atoms with Crippen LogP contribution in [-0.4, -0.2) is 6.61 Å². The summed E-state index contributed by atoms with van der Waals surface area (Å²) >= 11 is 0. The Kier molecular flexibility index (Phi) is 4.82. The molecule has 0 heterocycles. The van der Waals surface area contributed by atoms with Gasteiger partial charge in [0.15, 0.2) is 0 Å². The molecule has 116 valence electrons. The largest absolute Gasteiger partial charge is 0.494 e. The molecule has 0 atom stereocenters. The van der Waals surface area contributed by atoms with Crippen LogP contribution in [0.25, 0.3) is 10.8 Å². The van der Waals surface area contributed by atoms with Crippen LogP contribution in [0.3, 0.4) is 0 Å². The Morgan fingerprint density at radius 2 is 1.73 bits per heavy atom. The van der Waals surface area contributed by atoms with E-state index in [2.05, 4.69) is 55.5 Å². The molecule has 0 saturated heterocycles. The SMILES string of the molecule is C/C=C/C1CCC(c2ccc3cc(OCC)ccc3c2)CC1. The highest BCUT2D eigenvalue weighted by atomic mass is 16.5. The average molecular weight is 294 g/mol. The van der Waals surface area contributed by atoms with Crippen LogP contribution in [0.2, 0.25) is 0 Å². The summed E-state index contributed by atoms with van der Waals surface area (Å²) in [5, 5.41) is 2.61. The van der Waals surface area contributed by atoms with Gasteiger partial charge in [-0.25, -0.2) is 0 Å². The van der Waals surface area contributed by atoms with Crippen molar-refractivity contribution in [2.45, 2.75) is 45.4 Å². The second-order valence-electron chi connectivity index (χ2n) is 6.34. The Morgan fingerprint density at radius 1 is 1.00 bits per heavy atom. The van der Waals surface area contributed by atoms with Gasteiger partial charge in [0, 0.05) is 0 Å². The fraction of sp³-hybridized carbons (Fsp3) is 0.429. The molecule has 1 aliphatic carbocycles. The number of hydrogen-bond acceptors (Lipinski definition) is 1. The first kappa shape index (κ1) is 15.1. The second-order valence-corrected chi connectivity index (χ2v) is 6.34. The molecule has 0 bridgehead atoms. The number of fused-ring (bicyclic) bond motifs is 1. The third-order valence-corrected chi connectivity index (χ3v) is 4.85. The summed E-state index contributed by atoms with van der Waals surface area (Å²) in [6.45, 7) is 4.88. The number of allylic oxidation sites excluding steroid dienone is 2. The molecule has 1 aliphatic rings. The van der Waals surface area contributed by atoms with Gasteiger partial charge >= 0.3 is 0 Å². The van der Waals surface area contributed by atoms with Crippen molar-refractivity contribution in [1.29, 1.82) is 0 Å². The zero-order valence-electron chi connectivity index (χ0n) is 13.7. The van der Waals surface area contributed by atoms with E-state index in [1.165, 1.54) is 42.0 Å². The van der Waals surface area contributed by atoms with Gasteiger partial charge in [-0.3, -0.25) is 0 Å². The summed E-state index contributed by atoms with van der Waals surface area (Å²) in [5.74, 6) is 2.50. The van der Waals surface area contributed by atoms with Gasteiger partial charge in [0.1, 0.15) is 5.75 Å². The number of rotatable bonds is 4. The third kappa shape index (κ3) is 3.35. The lowest BCUT2D eigenvalue weighted by molar-refractivity contribution is 0.341. The van der Waals surface area contributed by atoms with E-state index in [0.29, 0.717) is 0 Å². The summed E-state index contributed by atoms with van der Waals surface area (Å²) in [6, 6.07) is 13.4. The molecule has 1 fully saturated rings. The highest BCUT2D eigenvalue weighted by Gasteiger charge is 2.20. The lowest BCUT2D eigenvalue weighted by atomic mass is 9.78. The zero-order chi connectivity index (χ0) is 15.4. The number of hydrogen-bond donors (Lipinski definition) is 0. The minimum absolute atomic E-state index is 0.721. The van der Waals surface area contributed by atoms with Crippen molar-refractivity contribution in [2.24, 2.45) is 5.92 Å². The Labute approximate surface area is 134 Å². The predicted octanol–water partition coefficient (Wildman–Crippen LogP) is 6.09. The quantitative estimate of drug-likeness (QED) is 0.620. The molecule has 0 aromatic heterocycles. The average Bonchev–Trinajstić information content (AvgIpc) is 2.56. The van der Waals surface area contributed by atoms with Crippen LogP contribution in [0.5, 0.6) is 5.75 Å². The molecule has 0 amide bonds. The van der Waals surface area contributed by atoms with Gasteiger partial charge in [0.05, 0.1) is 6.61 Å². The van der Waals surface area contributed by atoms with Crippen molar-refractivity contribution in [2.75, 3.05) is 6.61 Å². The molecular formula is C21H26O. The normalized spacial score (nSPS) is 22.3. The van der Waals surface area contributed by atoms with E-state index in [1.54, 1.807) is 0 Å². The maximum atomic E-state index is 5.59. The van der Waals surface area contributed by atoms with Gasteiger partial charge in [-0.15, -0.1) is 0 Å². The summed E-state index contributed by atoms with van der Waals surface area (Å²) in [5.41, 5.74) is 1.51. The van der Waals surface area contributed by atoms with Crippen molar-refractivity contribution < 1.29 is 4.74 Å². The molecule has 1 heteroatoms. The highest BCUT2D eigenvalue weighted by molar-refractivity contribution is 5.84. The minimum atomic E-state index is 0.721. The van der Waals surface area contributed by atoms with Crippen molar-refractivity contribution >= 4 is 10.8 Å². The van der Waals surface area contributed by atoms with Gasteiger partial charge in [0.2, 0.25) is 0 Å². The number of benzene rings is 2. The van der Waals surface area contributed by atoms with Gasteiger partial charge in [0.25, 0.3) is 0 Å². The van der Waals surface area contributed by atoms with Crippen molar-refractivity contribution in [1.82, 2.24) is 0 Å². The van der Waals surface area contributed by atoms with E-state index < -0.39 is 0 Å². The van der Waals surface area contributed by atoms with Gasteiger partial charge in [-0.05, 0) is 79.8 Å². The summed E-state index contributed by atoms with van der Waals surface area (Å²) < 4.78 is 5.59. The molecule has 0 radical (unpaired) electrons. The molecule has 3 rings (SSSR count). The van der Waals surface area contributed by atoms with Crippen molar-refractivity contribution in [3.63, 3.8) is 0 Å². The standard InChI is InChI=1S/C21H26O/c1-3-5-16-6-8-17(9-7-16)18-10-11-20-15-21(22-4-2)13-12-19(20)14-18/h3,5,10-17H,4,6-9H2,1-2H3/b5-3+. The lowest BCUT2D eigenvalue weighted by Crippen LogP contribution is -2.11. The summed E-state index contributed by atoms with van der Waals surface area (Å²) in [6.07, 6.45) is 9.88. The highest BCUT2D eigenvalue weighted by Crippen LogP contribution is 2.37. The van der Waals surface area contributed by atoms with Gasteiger partial charge < -0.3 is 4.74 Å². The second kappa shape index (κ2) is 7.00. The van der Waals surface area contributed by atoms with Crippen LogP contribution in [0.1, 0.15) is 51.0 Å². The van der Waals surface area contributed by atoms with E-state index in [0.717, 1.165) is 24.2 Å². The lowest BCUT2D eigenvalue weighted by Gasteiger charge is -2.27. The van der Waals surface area contributed by atoms with Crippen molar-refractivity contribution in [3.8, 4) is 5.75 Å². The molecule has 0 unspecified atom stereocenters. The first-order valence-electron chi connectivity index (χ1n) is 8.59. The maximum absolute atomic E-state index is 5.59. The first-order valence-corrected chi connectivity index (χ1v) is 8.59. The van der Waals surface area contributed by atoms with E-state index in [-0.39, 0.29) is 0 Å². The molecule has 1 saturated carbocycles. The monoisotopic (exact) mass is 294 g/mol. The van der Waals surface area contributed by atoms with Crippen LogP contribution in [0.15, 0.2) is 48.6 Å². The number of ether oxygens (including phenoxy) is 1. The van der Waals surface area contributed by atoms with Gasteiger partial charge in [-0.2, -0.15) is 0 Å². The topological polar surface area (TPSA) is 9.23 Å². The predicted molar refractivity (Wildman–Crippen MR) is 94.6 cm³/mol. The fourth-order valence-electron chi connectivity index (χ4n) is 3.67. The molecular weight excluding hydrogens is 268 g/mol. The van der Waals surface area contributed by atoms with E-state index in [1.807, 2.05) is 6.92 Å². The van der Waals surface area contributed by atoms with Crippen LogP contribution in [-0.2, 0) is 0 Å². The minimum Gasteiger partial charge on any atom is -0.494 e. The molecule has 0 spiro atoms. The maximum Gasteiger partial charge on any atom is 0.119 e. The van der Waals surface area contributed by atoms with Crippen LogP contribution < -0.4 is 4.74 Å². The Bertz CT molecular complexity index is 648. The van der Waals surface area contributed by atoms with Crippen molar-refractivity contribution in [3.05, 3.63) is 54.1 Å². The first-order chi connectivity index (χ1) is 10.8. The molecule has 2 aromatic rings. The zero-order valence-corrected chi connectivity index (χ0v) is 13.7. The molecule has 0 aliphatic heterocycles. The van der Waals surface area contributed by atoms with Crippen LogP contribution >= 0.6 is 0 Å². The summed E-state index contributed by atoms with van der Waals surface area (Å²) in [4.78, 5) is 0. The van der Waals surface area contributed by atoms with Crippen LogP contribution in [0, 0.1) is 5.92 Å². The Hall–Kier alpha value is -1.76. The van der Waals surface area contributed by atoms with E-state index in [4.69, 9.17) is 4.74 Å². The fourth-order valence-corrected chi connectivity index (χ4v) is 3.67. The smallest absolute Gasteiger partial charge is 0.119 e. The van der Waals surface area contributed by atoms with Gasteiger partial charge in [-0.1, -0.05) is 36.4 Å². The molecule has 22 heavy (non-hydrogen) atoms. The molecule has 2 aromatic carbocycles. The third-order valence-electron chi connectivity index (χ3n) is 4.85. The van der Waals surface area contributed by atoms with E-state index in [9.17, 15) is 0 Å². The van der Waals surface area contributed by atoms with E-state index >= 15 is 0 Å². The molecule has 0 N–H and O–H groups in total. The molecule has 1 nitrogen and oxygen atoms in total. The Balaban J connectivity index is 1.76. The summed E-state index contributed by atoms with van der Waals surface area (Å²) in [7, 11) is 0. The Morgan fingerprint density at radius 3 is 2.45 bits per heavy atom.